The van der Waals surface area contributed by atoms with Gasteiger partial charge in [0.15, 0.2) is 0 Å². The van der Waals surface area contributed by atoms with E-state index in [1.807, 2.05) is 0 Å². The highest BCUT2D eigenvalue weighted by Gasteiger charge is 2.07. The van der Waals surface area contributed by atoms with Crippen LogP contribution < -0.4 is 16.2 Å². The zero-order chi connectivity index (χ0) is 12.4. The van der Waals surface area contributed by atoms with Crippen molar-refractivity contribution in [2.45, 2.75) is 0 Å². The lowest BCUT2D eigenvalue weighted by Crippen LogP contribution is -1.91. The SMILES string of the molecule is Nc1ccc(Cl)c(Oc2cc(N)ccc2Cl)c1. The predicted octanol–water partition coefficient (Wildman–Crippen LogP) is 3.95. The lowest BCUT2D eigenvalue weighted by atomic mass is 10.3. The topological polar surface area (TPSA) is 61.3 Å². The quantitative estimate of drug-likeness (QED) is 0.811. The van der Waals surface area contributed by atoms with Crippen molar-refractivity contribution in [1.29, 1.82) is 0 Å². The van der Waals surface area contributed by atoms with Gasteiger partial charge in [-0.05, 0) is 24.3 Å². The third-order valence-corrected chi connectivity index (χ3v) is 2.75. The van der Waals surface area contributed by atoms with E-state index in [2.05, 4.69) is 0 Å². The van der Waals surface area contributed by atoms with Gasteiger partial charge in [0, 0.05) is 23.5 Å². The molecule has 0 atom stereocenters. The fourth-order valence-corrected chi connectivity index (χ4v) is 1.63. The molecule has 0 fully saturated rings. The van der Waals surface area contributed by atoms with Crippen molar-refractivity contribution in [3.8, 4) is 11.5 Å². The summed E-state index contributed by atoms with van der Waals surface area (Å²) in [5, 5.41) is 0.912. The molecular formula is C12H10Cl2N2O. The van der Waals surface area contributed by atoms with E-state index in [0.29, 0.717) is 32.9 Å². The Morgan fingerprint density at radius 2 is 1.18 bits per heavy atom. The Balaban J connectivity index is 2.37. The summed E-state index contributed by atoms with van der Waals surface area (Å²) >= 11 is 12.0. The van der Waals surface area contributed by atoms with Crippen LogP contribution in [0.5, 0.6) is 11.5 Å². The number of halogens is 2. The van der Waals surface area contributed by atoms with Crippen LogP contribution in [-0.2, 0) is 0 Å². The molecule has 0 spiro atoms. The van der Waals surface area contributed by atoms with Gasteiger partial charge in [0.1, 0.15) is 11.5 Å². The molecule has 0 heterocycles. The van der Waals surface area contributed by atoms with E-state index in [1.165, 1.54) is 0 Å². The molecule has 0 amide bonds. The maximum atomic E-state index is 5.98. The fourth-order valence-electron chi connectivity index (χ4n) is 1.31. The van der Waals surface area contributed by atoms with Gasteiger partial charge in [-0.3, -0.25) is 0 Å². The van der Waals surface area contributed by atoms with Crippen LogP contribution in [0.25, 0.3) is 0 Å². The van der Waals surface area contributed by atoms with Crippen molar-refractivity contribution in [3.63, 3.8) is 0 Å². The molecule has 2 aromatic carbocycles. The molecule has 0 aliphatic heterocycles. The van der Waals surface area contributed by atoms with Crippen molar-refractivity contribution in [2.24, 2.45) is 0 Å². The average molecular weight is 269 g/mol. The van der Waals surface area contributed by atoms with Crippen LogP contribution in [0.1, 0.15) is 0 Å². The molecule has 2 aromatic rings. The van der Waals surface area contributed by atoms with Crippen molar-refractivity contribution in [3.05, 3.63) is 46.4 Å². The number of hydrogen-bond acceptors (Lipinski definition) is 3. The molecule has 5 heteroatoms. The molecule has 0 saturated heterocycles. The van der Waals surface area contributed by atoms with Gasteiger partial charge in [-0.25, -0.2) is 0 Å². The molecular weight excluding hydrogens is 259 g/mol. The summed E-state index contributed by atoms with van der Waals surface area (Å²) in [6, 6.07) is 9.95. The Bertz CT molecular complexity index is 509. The van der Waals surface area contributed by atoms with Gasteiger partial charge in [0.05, 0.1) is 10.0 Å². The van der Waals surface area contributed by atoms with Gasteiger partial charge in [0.25, 0.3) is 0 Å². The van der Waals surface area contributed by atoms with Crippen LogP contribution in [0.2, 0.25) is 10.0 Å². The van der Waals surface area contributed by atoms with E-state index in [4.69, 9.17) is 39.4 Å². The van der Waals surface area contributed by atoms with Crippen LogP contribution in [0.15, 0.2) is 36.4 Å². The molecule has 2 rings (SSSR count). The van der Waals surface area contributed by atoms with Crippen molar-refractivity contribution < 1.29 is 4.74 Å². The molecule has 0 unspecified atom stereocenters. The van der Waals surface area contributed by atoms with E-state index in [1.54, 1.807) is 36.4 Å². The first-order chi connectivity index (χ1) is 8.06. The first-order valence-electron chi connectivity index (χ1n) is 4.84. The van der Waals surface area contributed by atoms with E-state index in [9.17, 15) is 0 Å². The third kappa shape index (κ3) is 2.75. The monoisotopic (exact) mass is 268 g/mol. The summed E-state index contributed by atoms with van der Waals surface area (Å²) < 4.78 is 5.58. The molecule has 0 aromatic heterocycles. The maximum Gasteiger partial charge on any atom is 0.148 e. The van der Waals surface area contributed by atoms with Crippen LogP contribution in [0.3, 0.4) is 0 Å². The Kier molecular flexibility index (Phi) is 3.31. The van der Waals surface area contributed by atoms with E-state index in [-0.39, 0.29) is 0 Å². The Hall–Kier alpha value is -1.58. The van der Waals surface area contributed by atoms with Crippen LogP contribution in [0, 0.1) is 0 Å². The molecule has 88 valence electrons. The number of anilines is 2. The first kappa shape index (κ1) is 11.9. The van der Waals surface area contributed by atoms with Crippen molar-refractivity contribution in [2.75, 3.05) is 11.5 Å². The van der Waals surface area contributed by atoms with Crippen molar-refractivity contribution >= 4 is 34.6 Å². The number of ether oxygens (including phenoxy) is 1. The summed E-state index contributed by atoms with van der Waals surface area (Å²) in [5.74, 6) is 0.887. The van der Waals surface area contributed by atoms with E-state index >= 15 is 0 Å². The third-order valence-electron chi connectivity index (χ3n) is 2.13. The molecule has 0 saturated carbocycles. The average Bonchev–Trinajstić information content (AvgIpc) is 2.28. The lowest BCUT2D eigenvalue weighted by molar-refractivity contribution is 0.484. The molecule has 0 bridgehead atoms. The normalized spacial score (nSPS) is 10.2. The summed E-state index contributed by atoms with van der Waals surface area (Å²) in [7, 11) is 0. The van der Waals surface area contributed by atoms with Crippen LogP contribution in [0.4, 0.5) is 11.4 Å². The van der Waals surface area contributed by atoms with E-state index in [0.717, 1.165) is 0 Å². The second kappa shape index (κ2) is 4.73. The molecule has 17 heavy (non-hydrogen) atoms. The van der Waals surface area contributed by atoms with Gasteiger partial charge in [-0.15, -0.1) is 0 Å². The fraction of sp³-hybridized carbons (Fsp3) is 0. The summed E-state index contributed by atoms with van der Waals surface area (Å²) in [6.45, 7) is 0. The van der Waals surface area contributed by atoms with E-state index < -0.39 is 0 Å². The minimum Gasteiger partial charge on any atom is -0.454 e. The number of hydrogen-bond donors (Lipinski definition) is 2. The van der Waals surface area contributed by atoms with Crippen LogP contribution in [-0.4, -0.2) is 0 Å². The summed E-state index contributed by atoms with van der Waals surface area (Å²) in [6.07, 6.45) is 0. The van der Waals surface area contributed by atoms with Crippen LogP contribution >= 0.6 is 23.2 Å². The van der Waals surface area contributed by atoms with Gasteiger partial charge in [-0.2, -0.15) is 0 Å². The minimum atomic E-state index is 0.444. The molecule has 0 aliphatic rings. The lowest BCUT2D eigenvalue weighted by Gasteiger charge is -2.10. The molecule has 4 N–H and O–H groups in total. The van der Waals surface area contributed by atoms with Gasteiger partial charge < -0.3 is 16.2 Å². The highest BCUT2D eigenvalue weighted by molar-refractivity contribution is 6.33. The number of nitrogens with two attached hydrogens (primary N) is 2. The molecule has 0 aliphatic carbocycles. The standard InChI is InChI=1S/C12H10Cl2N2O/c13-9-3-1-7(15)5-11(9)17-12-6-8(16)2-4-10(12)14/h1-6H,15-16H2. The second-order valence-electron chi connectivity index (χ2n) is 3.48. The first-order valence-corrected chi connectivity index (χ1v) is 5.60. The predicted molar refractivity (Wildman–Crippen MR) is 71.8 cm³/mol. The number of nitrogen functional groups attached to an aromatic ring is 2. The highest BCUT2D eigenvalue weighted by atomic mass is 35.5. The smallest absolute Gasteiger partial charge is 0.148 e. The van der Waals surface area contributed by atoms with Gasteiger partial charge in [-0.1, -0.05) is 23.2 Å². The number of benzene rings is 2. The zero-order valence-electron chi connectivity index (χ0n) is 8.78. The van der Waals surface area contributed by atoms with Gasteiger partial charge in [0.2, 0.25) is 0 Å². The maximum absolute atomic E-state index is 5.98. The zero-order valence-corrected chi connectivity index (χ0v) is 10.3. The largest absolute Gasteiger partial charge is 0.454 e. The Morgan fingerprint density at radius 3 is 1.59 bits per heavy atom. The number of rotatable bonds is 2. The summed E-state index contributed by atoms with van der Waals surface area (Å²) in [4.78, 5) is 0. The molecule has 0 radical (unpaired) electrons. The van der Waals surface area contributed by atoms with Crippen molar-refractivity contribution in [1.82, 2.24) is 0 Å². The Labute approximate surface area is 109 Å². The molecule has 3 nitrogen and oxygen atoms in total. The minimum absolute atomic E-state index is 0.444. The second-order valence-corrected chi connectivity index (χ2v) is 4.30. The van der Waals surface area contributed by atoms with Gasteiger partial charge >= 0.3 is 0 Å². The highest BCUT2D eigenvalue weighted by Crippen LogP contribution is 2.35. The summed E-state index contributed by atoms with van der Waals surface area (Å²) in [5.41, 5.74) is 12.4. The Morgan fingerprint density at radius 1 is 0.765 bits per heavy atom.